The highest BCUT2D eigenvalue weighted by Crippen LogP contribution is 2.28. The molecule has 0 aliphatic carbocycles. The van der Waals surface area contributed by atoms with Crippen molar-refractivity contribution in [3.63, 3.8) is 0 Å². The van der Waals surface area contributed by atoms with Gasteiger partial charge < -0.3 is 5.11 Å². The maximum atomic E-state index is 10.3. The SMILES string of the molecule is CC(O)(Br)c1ccc([N+](=O)[O-])cc1. The first-order valence-corrected chi connectivity index (χ1v) is 4.37. The fraction of sp³-hybridized carbons (Fsp3) is 0.250. The van der Waals surface area contributed by atoms with Crippen molar-refractivity contribution in [3.05, 3.63) is 39.9 Å². The molecule has 0 amide bonds. The Morgan fingerprint density at radius 2 is 1.92 bits per heavy atom. The Kier molecular flexibility index (Phi) is 2.68. The summed E-state index contributed by atoms with van der Waals surface area (Å²) in [7, 11) is 0. The second-order valence-corrected chi connectivity index (χ2v) is 4.30. The van der Waals surface area contributed by atoms with Crippen LogP contribution in [0.5, 0.6) is 0 Å². The van der Waals surface area contributed by atoms with E-state index in [1.807, 2.05) is 0 Å². The van der Waals surface area contributed by atoms with Crippen molar-refractivity contribution in [1.82, 2.24) is 0 Å². The van der Waals surface area contributed by atoms with E-state index in [-0.39, 0.29) is 5.69 Å². The van der Waals surface area contributed by atoms with Gasteiger partial charge in [0, 0.05) is 12.1 Å². The topological polar surface area (TPSA) is 63.4 Å². The highest BCUT2D eigenvalue weighted by atomic mass is 79.9. The van der Waals surface area contributed by atoms with Gasteiger partial charge in [-0.1, -0.05) is 0 Å². The van der Waals surface area contributed by atoms with Crippen LogP contribution in [0.3, 0.4) is 0 Å². The molecule has 0 spiro atoms. The van der Waals surface area contributed by atoms with Gasteiger partial charge in [0.05, 0.1) is 4.92 Å². The third-order valence-corrected chi connectivity index (χ3v) is 2.06. The van der Waals surface area contributed by atoms with Gasteiger partial charge in [-0.25, -0.2) is 0 Å². The summed E-state index contributed by atoms with van der Waals surface area (Å²) in [5, 5.41) is 19.8. The first-order chi connectivity index (χ1) is 5.91. The van der Waals surface area contributed by atoms with Crippen molar-refractivity contribution in [3.8, 4) is 0 Å². The lowest BCUT2D eigenvalue weighted by Crippen LogP contribution is -2.10. The molecule has 0 bridgehead atoms. The van der Waals surface area contributed by atoms with Gasteiger partial charge in [-0.2, -0.15) is 0 Å². The number of non-ortho nitro benzene ring substituents is 1. The Labute approximate surface area is 83.5 Å². The summed E-state index contributed by atoms with van der Waals surface area (Å²) in [6, 6.07) is 5.72. The molecule has 0 aliphatic rings. The van der Waals surface area contributed by atoms with Crippen LogP contribution in [0.4, 0.5) is 5.69 Å². The van der Waals surface area contributed by atoms with Crippen LogP contribution >= 0.6 is 15.9 Å². The number of alkyl halides is 1. The predicted octanol–water partition coefficient (Wildman–Crippen LogP) is 2.15. The van der Waals surface area contributed by atoms with Crippen molar-refractivity contribution < 1.29 is 10.0 Å². The molecule has 0 saturated carbocycles. The number of halogens is 1. The number of hydrogen-bond acceptors (Lipinski definition) is 3. The zero-order valence-electron chi connectivity index (χ0n) is 6.90. The van der Waals surface area contributed by atoms with Gasteiger partial charge in [0.1, 0.15) is 4.51 Å². The third-order valence-electron chi connectivity index (χ3n) is 1.61. The van der Waals surface area contributed by atoms with E-state index in [1.165, 1.54) is 24.3 Å². The first kappa shape index (κ1) is 10.1. The molecule has 0 heterocycles. The molecule has 0 radical (unpaired) electrons. The highest BCUT2D eigenvalue weighted by molar-refractivity contribution is 9.09. The lowest BCUT2D eigenvalue weighted by atomic mass is 10.1. The van der Waals surface area contributed by atoms with Crippen molar-refractivity contribution in [1.29, 1.82) is 0 Å². The van der Waals surface area contributed by atoms with Crippen LogP contribution in [0.25, 0.3) is 0 Å². The second kappa shape index (κ2) is 3.43. The summed E-state index contributed by atoms with van der Waals surface area (Å²) in [6.45, 7) is 1.55. The van der Waals surface area contributed by atoms with E-state index in [4.69, 9.17) is 0 Å². The van der Waals surface area contributed by atoms with E-state index in [0.29, 0.717) is 5.56 Å². The van der Waals surface area contributed by atoms with Crippen molar-refractivity contribution in [2.45, 2.75) is 11.4 Å². The molecule has 1 aromatic rings. The van der Waals surface area contributed by atoms with Crippen molar-refractivity contribution in [2.75, 3.05) is 0 Å². The number of hydrogen-bond donors (Lipinski definition) is 1. The van der Waals surface area contributed by atoms with Crippen LogP contribution in [0.15, 0.2) is 24.3 Å². The van der Waals surface area contributed by atoms with Gasteiger partial charge in [0.15, 0.2) is 0 Å². The van der Waals surface area contributed by atoms with Crippen LogP contribution in [0.2, 0.25) is 0 Å². The lowest BCUT2D eigenvalue weighted by molar-refractivity contribution is -0.384. The minimum Gasteiger partial charge on any atom is -0.375 e. The number of nitro groups is 1. The van der Waals surface area contributed by atoms with Crippen LogP contribution < -0.4 is 0 Å². The van der Waals surface area contributed by atoms with E-state index in [0.717, 1.165) is 0 Å². The predicted molar refractivity (Wildman–Crippen MR) is 51.6 cm³/mol. The summed E-state index contributed by atoms with van der Waals surface area (Å²) >= 11 is 3.03. The quantitative estimate of drug-likeness (QED) is 0.494. The molecule has 0 saturated heterocycles. The van der Waals surface area contributed by atoms with Gasteiger partial charge in [-0.05, 0) is 40.5 Å². The molecular formula is C8H8BrNO3. The van der Waals surface area contributed by atoms with Crippen molar-refractivity contribution in [2.24, 2.45) is 0 Å². The Morgan fingerprint density at radius 1 is 1.46 bits per heavy atom. The molecule has 70 valence electrons. The van der Waals surface area contributed by atoms with Crippen LogP contribution in [-0.4, -0.2) is 10.0 Å². The first-order valence-electron chi connectivity index (χ1n) is 3.57. The summed E-state index contributed by atoms with van der Waals surface area (Å²) in [6.07, 6.45) is 0. The summed E-state index contributed by atoms with van der Waals surface area (Å²) in [5.41, 5.74) is 0.596. The zero-order chi connectivity index (χ0) is 10.1. The number of nitrogens with zero attached hydrogens (tertiary/aromatic N) is 1. The maximum Gasteiger partial charge on any atom is 0.269 e. The second-order valence-electron chi connectivity index (χ2n) is 2.76. The molecule has 1 rings (SSSR count). The van der Waals surface area contributed by atoms with Gasteiger partial charge >= 0.3 is 0 Å². The maximum absolute atomic E-state index is 10.3. The molecular weight excluding hydrogens is 238 g/mol. The van der Waals surface area contributed by atoms with Gasteiger partial charge in [-0.15, -0.1) is 0 Å². The standard InChI is InChI=1S/C8H8BrNO3/c1-8(9,11)6-2-4-7(5-3-6)10(12)13/h2-5,11H,1H3. The van der Waals surface area contributed by atoms with E-state index in [9.17, 15) is 15.2 Å². The number of benzene rings is 1. The molecule has 1 atom stereocenters. The Hall–Kier alpha value is -0.940. The highest BCUT2D eigenvalue weighted by Gasteiger charge is 2.18. The Morgan fingerprint density at radius 3 is 2.23 bits per heavy atom. The van der Waals surface area contributed by atoms with E-state index in [1.54, 1.807) is 6.92 Å². The molecule has 1 N–H and O–H groups in total. The van der Waals surface area contributed by atoms with Crippen molar-refractivity contribution >= 4 is 21.6 Å². The largest absolute Gasteiger partial charge is 0.375 e. The lowest BCUT2D eigenvalue weighted by Gasteiger charge is -2.14. The molecule has 1 unspecified atom stereocenters. The summed E-state index contributed by atoms with van der Waals surface area (Å²) in [5.74, 6) is 0. The minimum atomic E-state index is -1.14. The van der Waals surface area contributed by atoms with Gasteiger partial charge in [-0.3, -0.25) is 10.1 Å². The fourth-order valence-electron chi connectivity index (χ4n) is 0.887. The summed E-state index contributed by atoms with van der Waals surface area (Å²) in [4.78, 5) is 9.81. The molecule has 13 heavy (non-hydrogen) atoms. The normalized spacial score (nSPS) is 15.0. The van der Waals surface area contributed by atoms with Gasteiger partial charge in [0.2, 0.25) is 0 Å². The monoisotopic (exact) mass is 245 g/mol. The van der Waals surface area contributed by atoms with Crippen LogP contribution in [0.1, 0.15) is 12.5 Å². The van der Waals surface area contributed by atoms with E-state index in [2.05, 4.69) is 15.9 Å². The molecule has 4 nitrogen and oxygen atoms in total. The number of rotatable bonds is 2. The van der Waals surface area contributed by atoms with Crippen LogP contribution in [0, 0.1) is 10.1 Å². The fourth-order valence-corrected chi connectivity index (χ4v) is 1.15. The molecule has 5 heteroatoms. The van der Waals surface area contributed by atoms with Crippen LogP contribution in [-0.2, 0) is 4.51 Å². The third kappa shape index (κ3) is 2.50. The number of nitro benzene ring substituents is 1. The minimum absolute atomic E-state index is 0.0144. The Bertz CT molecular complexity index is 315. The average molecular weight is 246 g/mol. The molecule has 0 fully saturated rings. The van der Waals surface area contributed by atoms with E-state index < -0.39 is 9.43 Å². The molecule has 1 aromatic carbocycles. The zero-order valence-corrected chi connectivity index (χ0v) is 8.48. The molecule has 0 aromatic heterocycles. The van der Waals surface area contributed by atoms with Gasteiger partial charge in [0.25, 0.3) is 5.69 Å². The average Bonchev–Trinajstić information content (AvgIpc) is 2.03. The summed E-state index contributed by atoms with van der Waals surface area (Å²) < 4.78 is -1.14. The number of aliphatic hydroxyl groups is 1. The van der Waals surface area contributed by atoms with E-state index >= 15 is 0 Å². The Balaban J connectivity index is 3.01. The molecule has 0 aliphatic heterocycles. The smallest absolute Gasteiger partial charge is 0.269 e.